The van der Waals surface area contributed by atoms with Gasteiger partial charge in [-0.1, -0.05) is 11.6 Å². The molecule has 1 amide bonds. The van der Waals surface area contributed by atoms with E-state index in [2.05, 4.69) is 15.0 Å². The number of fused-ring (bicyclic) bond motifs is 1. The van der Waals surface area contributed by atoms with Gasteiger partial charge in [-0.25, -0.2) is 13.4 Å². The molecule has 1 aromatic heterocycles. The summed E-state index contributed by atoms with van der Waals surface area (Å²) in [6, 6.07) is 7.72. The van der Waals surface area contributed by atoms with Gasteiger partial charge in [0, 0.05) is 17.6 Å². The first-order chi connectivity index (χ1) is 10.7. The van der Waals surface area contributed by atoms with Crippen molar-refractivity contribution in [3.8, 4) is 0 Å². The van der Waals surface area contributed by atoms with Crippen molar-refractivity contribution in [1.29, 1.82) is 0 Å². The third-order valence-electron chi connectivity index (χ3n) is 3.77. The van der Waals surface area contributed by atoms with Crippen LogP contribution >= 0.6 is 11.6 Å². The number of amides is 1. The number of benzene rings is 1. The lowest BCUT2D eigenvalue weighted by molar-refractivity contribution is -0.119. The smallest absolute Gasteiger partial charge is 0.263 e. The molecule has 23 heavy (non-hydrogen) atoms. The molecule has 0 saturated heterocycles. The Bertz CT molecular complexity index is 893. The lowest BCUT2D eigenvalue weighted by Crippen LogP contribution is -2.26. The monoisotopic (exact) mass is 351 g/mol. The van der Waals surface area contributed by atoms with E-state index in [1.165, 1.54) is 18.3 Å². The minimum atomic E-state index is -3.77. The van der Waals surface area contributed by atoms with Crippen LogP contribution < -0.4 is 10.0 Å². The minimum absolute atomic E-state index is 0.0101. The Hall–Kier alpha value is -2.12. The summed E-state index contributed by atoms with van der Waals surface area (Å²) < 4.78 is 27.2. The molecule has 2 aromatic rings. The fourth-order valence-corrected chi connectivity index (χ4v) is 3.48. The number of anilines is 2. The van der Waals surface area contributed by atoms with Crippen LogP contribution in [0.3, 0.4) is 0 Å². The highest BCUT2D eigenvalue weighted by Crippen LogP contribution is 2.38. The first-order valence-corrected chi connectivity index (χ1v) is 8.67. The SMILES string of the molecule is CC1(C)C(=O)Nc2ccc(NS(=O)(=O)c3ccc(Cl)nc3)cc21. The van der Waals surface area contributed by atoms with Gasteiger partial charge in [0.2, 0.25) is 5.91 Å². The van der Waals surface area contributed by atoms with Gasteiger partial charge in [0.15, 0.2) is 0 Å². The van der Waals surface area contributed by atoms with E-state index >= 15 is 0 Å². The number of nitrogens with one attached hydrogen (secondary N) is 2. The summed E-state index contributed by atoms with van der Waals surface area (Å²) in [4.78, 5) is 15.7. The van der Waals surface area contributed by atoms with Crippen LogP contribution in [0.2, 0.25) is 5.15 Å². The van der Waals surface area contributed by atoms with E-state index < -0.39 is 15.4 Å². The van der Waals surface area contributed by atoms with Gasteiger partial charge >= 0.3 is 0 Å². The molecule has 120 valence electrons. The third-order valence-corrected chi connectivity index (χ3v) is 5.36. The molecule has 1 aromatic carbocycles. The van der Waals surface area contributed by atoms with Crippen LogP contribution in [0.5, 0.6) is 0 Å². The van der Waals surface area contributed by atoms with Crippen molar-refractivity contribution < 1.29 is 13.2 Å². The number of aromatic nitrogens is 1. The van der Waals surface area contributed by atoms with Crippen molar-refractivity contribution in [3.63, 3.8) is 0 Å². The van der Waals surface area contributed by atoms with E-state index in [-0.39, 0.29) is 16.0 Å². The Morgan fingerprint density at radius 1 is 1.22 bits per heavy atom. The number of sulfonamides is 1. The van der Waals surface area contributed by atoms with Crippen molar-refractivity contribution in [1.82, 2.24) is 4.98 Å². The van der Waals surface area contributed by atoms with Crippen LogP contribution in [0.1, 0.15) is 19.4 Å². The molecule has 0 saturated carbocycles. The first-order valence-electron chi connectivity index (χ1n) is 6.80. The second-order valence-corrected chi connectivity index (χ2v) is 7.83. The average molecular weight is 352 g/mol. The number of rotatable bonds is 3. The van der Waals surface area contributed by atoms with Gasteiger partial charge in [-0.2, -0.15) is 0 Å². The number of carbonyl (C=O) groups is 1. The molecule has 2 N–H and O–H groups in total. The van der Waals surface area contributed by atoms with Crippen molar-refractivity contribution >= 4 is 38.9 Å². The predicted octanol–water partition coefficient (Wildman–Crippen LogP) is 2.77. The van der Waals surface area contributed by atoms with E-state index in [9.17, 15) is 13.2 Å². The molecule has 0 unspecified atom stereocenters. The standard InChI is InChI=1S/C15H14ClN3O3S/c1-15(2)11-7-9(3-5-12(11)18-14(15)20)19-23(21,22)10-4-6-13(16)17-8-10/h3-8,19H,1-2H3,(H,18,20). The molecule has 1 aliphatic rings. The van der Waals surface area contributed by atoms with Crippen molar-refractivity contribution in [2.75, 3.05) is 10.0 Å². The summed E-state index contributed by atoms with van der Waals surface area (Å²) in [6.07, 6.45) is 1.19. The maximum atomic E-state index is 12.4. The predicted molar refractivity (Wildman–Crippen MR) is 88.2 cm³/mol. The third kappa shape index (κ3) is 2.77. The van der Waals surface area contributed by atoms with E-state index in [0.29, 0.717) is 11.4 Å². The lowest BCUT2D eigenvalue weighted by atomic mass is 9.86. The van der Waals surface area contributed by atoms with Gasteiger partial charge in [0.25, 0.3) is 10.0 Å². The van der Waals surface area contributed by atoms with Crippen molar-refractivity contribution in [3.05, 3.63) is 47.2 Å². The number of pyridine rings is 1. The number of halogens is 1. The van der Waals surface area contributed by atoms with E-state index in [4.69, 9.17) is 11.6 Å². The summed E-state index contributed by atoms with van der Waals surface area (Å²) in [5.74, 6) is -0.116. The fourth-order valence-electron chi connectivity index (χ4n) is 2.37. The second kappa shape index (κ2) is 5.21. The molecule has 0 fully saturated rings. The Morgan fingerprint density at radius 2 is 1.96 bits per heavy atom. The Labute approximate surface area is 138 Å². The van der Waals surface area contributed by atoms with Gasteiger partial charge in [-0.05, 0) is 49.7 Å². The zero-order valence-electron chi connectivity index (χ0n) is 12.4. The normalized spacial score (nSPS) is 15.9. The Kier molecular flexibility index (Phi) is 3.57. The first kappa shape index (κ1) is 15.8. The van der Waals surface area contributed by atoms with Crippen LogP contribution in [-0.2, 0) is 20.2 Å². The zero-order chi connectivity index (χ0) is 16.8. The maximum Gasteiger partial charge on any atom is 0.263 e. The Balaban J connectivity index is 1.94. The van der Waals surface area contributed by atoms with Crippen LogP contribution in [0, 0.1) is 0 Å². The van der Waals surface area contributed by atoms with Gasteiger partial charge < -0.3 is 5.32 Å². The van der Waals surface area contributed by atoms with Gasteiger partial charge in [-0.3, -0.25) is 9.52 Å². The number of carbonyl (C=O) groups excluding carboxylic acids is 1. The lowest BCUT2D eigenvalue weighted by Gasteiger charge is -2.16. The van der Waals surface area contributed by atoms with Gasteiger partial charge in [0.1, 0.15) is 10.0 Å². The van der Waals surface area contributed by atoms with Gasteiger partial charge in [-0.15, -0.1) is 0 Å². The highest BCUT2D eigenvalue weighted by molar-refractivity contribution is 7.92. The quantitative estimate of drug-likeness (QED) is 0.832. The molecule has 1 aliphatic heterocycles. The average Bonchev–Trinajstić information content (AvgIpc) is 2.70. The molecule has 2 heterocycles. The van der Waals surface area contributed by atoms with Crippen molar-refractivity contribution in [2.24, 2.45) is 0 Å². The molecule has 0 bridgehead atoms. The molecular weight excluding hydrogens is 338 g/mol. The van der Waals surface area contributed by atoms with E-state index in [0.717, 1.165) is 5.56 Å². The maximum absolute atomic E-state index is 12.4. The molecule has 0 radical (unpaired) electrons. The molecule has 3 rings (SSSR count). The van der Waals surface area contributed by atoms with Gasteiger partial charge in [0.05, 0.1) is 5.41 Å². The highest BCUT2D eigenvalue weighted by Gasteiger charge is 2.38. The largest absolute Gasteiger partial charge is 0.325 e. The number of hydrogen-bond acceptors (Lipinski definition) is 4. The second-order valence-electron chi connectivity index (χ2n) is 5.76. The van der Waals surface area contributed by atoms with Crippen LogP contribution in [-0.4, -0.2) is 19.3 Å². The van der Waals surface area contributed by atoms with Crippen molar-refractivity contribution in [2.45, 2.75) is 24.2 Å². The molecule has 0 spiro atoms. The molecule has 6 nitrogen and oxygen atoms in total. The molecule has 8 heteroatoms. The molecule has 0 aliphatic carbocycles. The molecule has 0 atom stereocenters. The van der Waals surface area contributed by atoms with Crippen LogP contribution in [0.25, 0.3) is 0 Å². The fraction of sp³-hybridized carbons (Fsp3) is 0.200. The number of nitrogens with zero attached hydrogens (tertiary/aromatic N) is 1. The Morgan fingerprint density at radius 3 is 2.61 bits per heavy atom. The van der Waals surface area contributed by atoms with Crippen LogP contribution in [0.4, 0.5) is 11.4 Å². The summed E-state index contributed by atoms with van der Waals surface area (Å²) in [7, 11) is -3.77. The highest BCUT2D eigenvalue weighted by atomic mass is 35.5. The zero-order valence-corrected chi connectivity index (χ0v) is 14.0. The minimum Gasteiger partial charge on any atom is -0.325 e. The van der Waals surface area contributed by atoms with Crippen LogP contribution in [0.15, 0.2) is 41.4 Å². The topological polar surface area (TPSA) is 88.2 Å². The summed E-state index contributed by atoms with van der Waals surface area (Å²) >= 11 is 5.67. The summed E-state index contributed by atoms with van der Waals surface area (Å²) in [5.41, 5.74) is 1.11. The van der Waals surface area contributed by atoms with E-state index in [1.54, 1.807) is 32.0 Å². The molecular formula is C15H14ClN3O3S. The summed E-state index contributed by atoms with van der Waals surface area (Å²) in [5, 5.41) is 2.99. The summed E-state index contributed by atoms with van der Waals surface area (Å²) in [6.45, 7) is 3.57. The van der Waals surface area contributed by atoms with E-state index in [1.807, 2.05) is 0 Å². The number of hydrogen-bond donors (Lipinski definition) is 2.